The fourth-order valence-corrected chi connectivity index (χ4v) is 2.56. The molecule has 1 aromatic carbocycles. The van der Waals surface area contributed by atoms with Crippen LogP contribution in [0.1, 0.15) is 31.9 Å². The smallest absolute Gasteiger partial charge is 0.410 e. The van der Waals surface area contributed by atoms with E-state index in [9.17, 15) is 4.79 Å². The Morgan fingerprint density at radius 3 is 2.68 bits per heavy atom. The average Bonchev–Trinajstić information content (AvgIpc) is 2.98. The van der Waals surface area contributed by atoms with Gasteiger partial charge in [0.1, 0.15) is 23.4 Å². The van der Waals surface area contributed by atoms with Gasteiger partial charge in [0.2, 0.25) is 5.88 Å². The molecule has 0 spiro atoms. The van der Waals surface area contributed by atoms with Crippen molar-refractivity contribution in [3.8, 4) is 17.4 Å². The van der Waals surface area contributed by atoms with Crippen molar-refractivity contribution in [1.82, 2.24) is 14.9 Å². The van der Waals surface area contributed by atoms with Crippen LogP contribution >= 0.6 is 0 Å². The van der Waals surface area contributed by atoms with Crippen LogP contribution in [0, 0.1) is 0 Å². The van der Waals surface area contributed by atoms with E-state index in [1.807, 2.05) is 26.8 Å². The molecule has 2 heterocycles. The highest BCUT2D eigenvalue weighted by Gasteiger charge is 2.30. The number of hydrogen-bond donors (Lipinski definition) is 0. The van der Waals surface area contributed by atoms with Crippen molar-refractivity contribution in [1.29, 1.82) is 0 Å². The molecule has 0 aliphatic carbocycles. The summed E-state index contributed by atoms with van der Waals surface area (Å²) in [5.41, 5.74) is 1.35. The van der Waals surface area contributed by atoms with E-state index in [2.05, 4.69) is 9.97 Å². The Hall–Kier alpha value is -2.83. The normalized spacial score (nSPS) is 13.4. The third-order valence-electron chi connectivity index (χ3n) is 3.64. The maximum absolute atomic E-state index is 12.4. The second-order valence-electron chi connectivity index (χ2n) is 6.75. The minimum atomic E-state index is -0.538. The van der Waals surface area contributed by atoms with E-state index in [4.69, 9.17) is 14.2 Å². The van der Waals surface area contributed by atoms with E-state index < -0.39 is 5.60 Å². The van der Waals surface area contributed by atoms with Crippen molar-refractivity contribution in [3.05, 3.63) is 41.9 Å². The number of carbonyl (C=O) groups excluding carboxylic acids is 1. The molecule has 3 rings (SSSR count). The summed E-state index contributed by atoms with van der Waals surface area (Å²) in [5.74, 6) is 1.70. The number of rotatable bonds is 3. The quantitative estimate of drug-likeness (QED) is 0.849. The molecule has 0 bridgehead atoms. The Morgan fingerprint density at radius 1 is 1.24 bits per heavy atom. The number of nitrogens with zero attached hydrogens (tertiary/aromatic N) is 3. The molecule has 0 radical (unpaired) electrons. The third kappa shape index (κ3) is 3.99. The third-order valence-corrected chi connectivity index (χ3v) is 3.64. The van der Waals surface area contributed by atoms with Gasteiger partial charge in [-0.3, -0.25) is 4.90 Å². The zero-order chi connectivity index (χ0) is 18.0. The van der Waals surface area contributed by atoms with Gasteiger partial charge in [-0.15, -0.1) is 0 Å². The number of methoxy groups -OCH3 is 1. The molecule has 132 valence electrons. The van der Waals surface area contributed by atoms with Crippen LogP contribution in [0.2, 0.25) is 0 Å². The van der Waals surface area contributed by atoms with Crippen LogP contribution < -0.4 is 9.47 Å². The van der Waals surface area contributed by atoms with Crippen LogP contribution in [0.5, 0.6) is 17.4 Å². The molecule has 7 heteroatoms. The summed E-state index contributed by atoms with van der Waals surface area (Å²) in [5, 5.41) is 0. The van der Waals surface area contributed by atoms with Crippen molar-refractivity contribution in [2.75, 3.05) is 7.11 Å². The van der Waals surface area contributed by atoms with Gasteiger partial charge in [0, 0.05) is 30.4 Å². The second kappa shape index (κ2) is 6.58. The topological polar surface area (TPSA) is 73.8 Å². The highest BCUT2D eigenvalue weighted by molar-refractivity contribution is 5.70. The first kappa shape index (κ1) is 17.0. The van der Waals surface area contributed by atoms with Crippen molar-refractivity contribution in [2.45, 2.75) is 39.5 Å². The fourth-order valence-electron chi connectivity index (χ4n) is 2.56. The highest BCUT2D eigenvalue weighted by atomic mass is 16.6. The second-order valence-corrected chi connectivity index (χ2v) is 6.75. The number of amides is 1. The maximum atomic E-state index is 12.4. The van der Waals surface area contributed by atoms with Gasteiger partial charge in [-0.25, -0.2) is 14.8 Å². The molecule has 7 nitrogen and oxygen atoms in total. The van der Waals surface area contributed by atoms with Crippen LogP contribution in [-0.4, -0.2) is 33.7 Å². The van der Waals surface area contributed by atoms with Crippen molar-refractivity contribution < 1.29 is 19.0 Å². The van der Waals surface area contributed by atoms with Crippen molar-refractivity contribution in [3.63, 3.8) is 0 Å². The SMILES string of the molecule is COc1cc2c(c(Oc3ccncn3)c1)CN(C(=O)OC(C)(C)C)C2. The summed E-state index contributed by atoms with van der Waals surface area (Å²) in [6.45, 7) is 6.40. The molecule has 1 aliphatic rings. The standard InChI is InChI=1S/C18H21N3O4/c1-18(2,3)25-17(22)21-9-12-7-13(23-4)8-15(14(12)10-21)24-16-5-6-19-11-20-16/h5-8,11H,9-10H2,1-4H3. The molecule has 1 aliphatic heterocycles. The maximum Gasteiger partial charge on any atom is 0.410 e. The average molecular weight is 343 g/mol. The lowest BCUT2D eigenvalue weighted by Crippen LogP contribution is -2.33. The Morgan fingerprint density at radius 2 is 2.04 bits per heavy atom. The molecule has 0 saturated carbocycles. The van der Waals surface area contributed by atoms with Gasteiger partial charge in [0.25, 0.3) is 0 Å². The van der Waals surface area contributed by atoms with Crippen LogP contribution in [0.3, 0.4) is 0 Å². The van der Waals surface area contributed by atoms with E-state index in [0.29, 0.717) is 30.5 Å². The number of benzene rings is 1. The summed E-state index contributed by atoms with van der Waals surface area (Å²) < 4.78 is 16.7. The van der Waals surface area contributed by atoms with Gasteiger partial charge in [-0.05, 0) is 32.4 Å². The van der Waals surface area contributed by atoms with E-state index >= 15 is 0 Å². The Balaban J connectivity index is 1.86. The van der Waals surface area contributed by atoms with Crippen molar-refractivity contribution >= 4 is 6.09 Å². The lowest BCUT2D eigenvalue weighted by Gasteiger charge is -2.24. The molecule has 0 saturated heterocycles. The summed E-state index contributed by atoms with van der Waals surface area (Å²) >= 11 is 0. The van der Waals surface area contributed by atoms with Crippen LogP contribution in [0.25, 0.3) is 0 Å². The first-order valence-electron chi connectivity index (χ1n) is 7.97. The highest BCUT2D eigenvalue weighted by Crippen LogP contribution is 2.37. The summed E-state index contributed by atoms with van der Waals surface area (Å²) in [7, 11) is 1.59. The van der Waals surface area contributed by atoms with Gasteiger partial charge >= 0.3 is 6.09 Å². The summed E-state index contributed by atoms with van der Waals surface area (Å²) in [6, 6.07) is 5.37. The number of aromatic nitrogens is 2. The fraction of sp³-hybridized carbons (Fsp3) is 0.389. The minimum Gasteiger partial charge on any atom is -0.497 e. The number of ether oxygens (including phenoxy) is 3. The lowest BCUT2D eigenvalue weighted by atomic mass is 10.1. The molecule has 0 N–H and O–H groups in total. The zero-order valence-corrected chi connectivity index (χ0v) is 14.8. The van der Waals surface area contributed by atoms with Crippen LogP contribution in [-0.2, 0) is 17.8 Å². The van der Waals surface area contributed by atoms with Gasteiger partial charge < -0.3 is 14.2 Å². The molecular weight excluding hydrogens is 322 g/mol. The molecular formula is C18H21N3O4. The molecule has 0 atom stereocenters. The molecule has 1 aromatic heterocycles. The lowest BCUT2D eigenvalue weighted by molar-refractivity contribution is 0.0241. The van der Waals surface area contributed by atoms with Gasteiger partial charge in [-0.2, -0.15) is 0 Å². The summed E-state index contributed by atoms with van der Waals surface area (Å²) in [4.78, 5) is 22.0. The largest absolute Gasteiger partial charge is 0.497 e. The molecule has 1 amide bonds. The van der Waals surface area contributed by atoms with Gasteiger partial charge in [0.15, 0.2) is 0 Å². The van der Waals surface area contributed by atoms with Gasteiger partial charge in [-0.1, -0.05) is 0 Å². The Bertz CT molecular complexity index is 772. The first-order chi connectivity index (χ1) is 11.9. The van der Waals surface area contributed by atoms with E-state index in [1.165, 1.54) is 6.33 Å². The number of fused-ring (bicyclic) bond motifs is 1. The summed E-state index contributed by atoms with van der Waals surface area (Å²) in [6.07, 6.45) is 2.68. The molecule has 0 fully saturated rings. The molecule has 0 unspecified atom stereocenters. The number of carbonyl (C=O) groups is 1. The van der Waals surface area contributed by atoms with Gasteiger partial charge in [0.05, 0.1) is 13.7 Å². The minimum absolute atomic E-state index is 0.351. The van der Waals surface area contributed by atoms with Crippen LogP contribution in [0.15, 0.2) is 30.7 Å². The monoisotopic (exact) mass is 343 g/mol. The van der Waals surface area contributed by atoms with E-state index in [-0.39, 0.29) is 6.09 Å². The molecule has 2 aromatic rings. The van der Waals surface area contributed by atoms with Crippen LogP contribution in [0.4, 0.5) is 4.79 Å². The Kier molecular flexibility index (Phi) is 4.48. The van der Waals surface area contributed by atoms with E-state index in [0.717, 1.165) is 11.1 Å². The Labute approximate surface area is 146 Å². The zero-order valence-electron chi connectivity index (χ0n) is 14.8. The first-order valence-corrected chi connectivity index (χ1v) is 7.97. The number of hydrogen-bond acceptors (Lipinski definition) is 6. The van der Waals surface area contributed by atoms with E-state index in [1.54, 1.807) is 30.3 Å². The van der Waals surface area contributed by atoms with Crippen molar-refractivity contribution in [2.24, 2.45) is 0 Å². The predicted octanol–water partition coefficient (Wildman–Crippen LogP) is 3.53. The predicted molar refractivity (Wildman–Crippen MR) is 90.6 cm³/mol. The molecule has 25 heavy (non-hydrogen) atoms.